The third-order valence-corrected chi connectivity index (χ3v) is 7.50. The molecule has 0 saturated heterocycles. The van der Waals surface area contributed by atoms with E-state index < -0.39 is 10.0 Å². The van der Waals surface area contributed by atoms with Crippen LogP contribution in [0.4, 0.5) is 5.69 Å². The van der Waals surface area contributed by atoms with E-state index in [-0.39, 0.29) is 16.6 Å². The molecular weight excluding hydrogens is 410 g/mol. The Morgan fingerprint density at radius 3 is 2.59 bits per heavy atom. The van der Waals surface area contributed by atoms with Gasteiger partial charge in [0.05, 0.1) is 10.6 Å². The van der Waals surface area contributed by atoms with E-state index in [1.54, 1.807) is 39.0 Å². The lowest BCUT2D eigenvalue weighted by molar-refractivity contribution is -0.113. The molecule has 1 aromatic heterocycles. The number of aryl methyl sites for hydroxylation is 2. The Hall–Kier alpha value is -2.17. The average Bonchev–Trinajstić information content (AvgIpc) is 3.02. The molecule has 1 heterocycles. The number of anilines is 1. The van der Waals surface area contributed by atoms with Gasteiger partial charge in [-0.2, -0.15) is 4.31 Å². The highest BCUT2D eigenvalue weighted by atomic mass is 32.2. The number of aromatic nitrogens is 3. The van der Waals surface area contributed by atoms with E-state index in [1.165, 1.54) is 22.1 Å². The van der Waals surface area contributed by atoms with Crippen LogP contribution in [0.2, 0.25) is 0 Å². The van der Waals surface area contributed by atoms with E-state index in [0.717, 1.165) is 5.82 Å². The van der Waals surface area contributed by atoms with Crippen molar-refractivity contribution in [1.82, 2.24) is 19.1 Å². The van der Waals surface area contributed by atoms with Gasteiger partial charge in [0.1, 0.15) is 5.82 Å². The largest absolute Gasteiger partial charge is 0.325 e. The van der Waals surface area contributed by atoms with Crippen molar-refractivity contribution in [3.63, 3.8) is 0 Å². The normalized spacial score (nSPS) is 11.6. The molecule has 158 valence electrons. The van der Waals surface area contributed by atoms with Gasteiger partial charge in [-0.05, 0) is 31.5 Å². The molecule has 1 N–H and O–H groups in total. The molecule has 8 nitrogen and oxygen atoms in total. The van der Waals surface area contributed by atoms with E-state index in [1.807, 2.05) is 11.5 Å². The SMILES string of the molecule is C=CCn1c(C)nnc1SCC(=O)Nc1ccc(C)c(S(=O)(=O)N(CC)CC)c1. The number of nitrogens with zero attached hydrogens (tertiary/aromatic N) is 4. The van der Waals surface area contributed by atoms with E-state index in [9.17, 15) is 13.2 Å². The Balaban J connectivity index is 2.13. The van der Waals surface area contributed by atoms with Crippen molar-refractivity contribution in [3.05, 3.63) is 42.2 Å². The van der Waals surface area contributed by atoms with Crippen LogP contribution >= 0.6 is 11.8 Å². The third kappa shape index (κ3) is 5.46. The molecular formula is C19H27N5O3S2. The minimum Gasteiger partial charge on any atom is -0.325 e. The van der Waals surface area contributed by atoms with Crippen LogP contribution in [-0.2, 0) is 21.4 Å². The van der Waals surface area contributed by atoms with Crippen LogP contribution in [-0.4, -0.2) is 52.2 Å². The van der Waals surface area contributed by atoms with Crippen LogP contribution in [0.3, 0.4) is 0 Å². The fourth-order valence-electron chi connectivity index (χ4n) is 2.79. The number of amides is 1. The Bertz CT molecular complexity index is 982. The predicted molar refractivity (Wildman–Crippen MR) is 116 cm³/mol. The zero-order valence-corrected chi connectivity index (χ0v) is 18.8. The molecule has 2 rings (SSSR count). The van der Waals surface area contributed by atoms with Crippen molar-refractivity contribution in [2.75, 3.05) is 24.2 Å². The van der Waals surface area contributed by atoms with E-state index in [2.05, 4.69) is 22.1 Å². The topological polar surface area (TPSA) is 97.2 Å². The molecule has 1 aromatic carbocycles. The highest BCUT2D eigenvalue weighted by molar-refractivity contribution is 7.99. The third-order valence-electron chi connectivity index (χ3n) is 4.34. The Morgan fingerprint density at radius 2 is 1.97 bits per heavy atom. The quantitative estimate of drug-likeness (QED) is 0.453. The summed E-state index contributed by atoms with van der Waals surface area (Å²) in [6.45, 7) is 12.2. The lowest BCUT2D eigenvalue weighted by Gasteiger charge is -2.20. The first-order valence-corrected chi connectivity index (χ1v) is 11.7. The highest BCUT2D eigenvalue weighted by Crippen LogP contribution is 2.24. The van der Waals surface area contributed by atoms with Crippen LogP contribution in [0.5, 0.6) is 0 Å². The molecule has 0 aliphatic rings. The van der Waals surface area contributed by atoms with E-state index >= 15 is 0 Å². The van der Waals surface area contributed by atoms with Crippen LogP contribution in [0.15, 0.2) is 40.9 Å². The van der Waals surface area contributed by atoms with Crippen LogP contribution < -0.4 is 5.32 Å². The number of allylic oxidation sites excluding steroid dienone is 1. The van der Waals surface area contributed by atoms with Crippen LogP contribution in [0.1, 0.15) is 25.2 Å². The summed E-state index contributed by atoms with van der Waals surface area (Å²) in [6.07, 6.45) is 1.74. The van der Waals surface area contributed by atoms with Gasteiger partial charge >= 0.3 is 0 Å². The number of sulfonamides is 1. The van der Waals surface area contributed by atoms with Crippen molar-refractivity contribution >= 4 is 33.4 Å². The maximum atomic E-state index is 12.8. The first-order valence-electron chi connectivity index (χ1n) is 9.28. The summed E-state index contributed by atoms with van der Waals surface area (Å²) < 4.78 is 29.0. The molecule has 2 aromatic rings. The number of hydrogen-bond donors (Lipinski definition) is 1. The monoisotopic (exact) mass is 437 g/mol. The van der Waals surface area contributed by atoms with Crippen molar-refractivity contribution in [1.29, 1.82) is 0 Å². The molecule has 29 heavy (non-hydrogen) atoms. The molecule has 0 unspecified atom stereocenters. The van der Waals surface area contributed by atoms with Gasteiger partial charge in [-0.25, -0.2) is 8.42 Å². The number of carbonyl (C=O) groups excluding carboxylic acids is 1. The first kappa shape index (κ1) is 23.1. The molecule has 0 aliphatic carbocycles. The van der Waals surface area contributed by atoms with E-state index in [4.69, 9.17) is 0 Å². The first-order chi connectivity index (χ1) is 13.7. The molecule has 0 atom stereocenters. The maximum absolute atomic E-state index is 12.8. The molecule has 0 bridgehead atoms. The van der Waals surface area contributed by atoms with Gasteiger partial charge in [0.2, 0.25) is 15.9 Å². The Morgan fingerprint density at radius 1 is 1.28 bits per heavy atom. The Labute approximate surface area is 176 Å². The molecule has 1 amide bonds. The van der Waals surface area contributed by atoms with Crippen molar-refractivity contribution in [3.8, 4) is 0 Å². The second-order valence-electron chi connectivity index (χ2n) is 6.34. The molecule has 0 saturated carbocycles. The number of carbonyl (C=O) groups is 1. The number of hydrogen-bond acceptors (Lipinski definition) is 6. The lowest BCUT2D eigenvalue weighted by Crippen LogP contribution is -2.31. The minimum absolute atomic E-state index is 0.126. The van der Waals surface area contributed by atoms with Gasteiger partial charge in [-0.1, -0.05) is 37.8 Å². The average molecular weight is 438 g/mol. The molecule has 0 aliphatic heterocycles. The summed E-state index contributed by atoms with van der Waals surface area (Å²) in [5.74, 6) is 0.620. The zero-order chi connectivity index (χ0) is 21.6. The molecule has 10 heteroatoms. The summed E-state index contributed by atoms with van der Waals surface area (Å²) in [5.41, 5.74) is 1.08. The summed E-state index contributed by atoms with van der Waals surface area (Å²) in [6, 6.07) is 4.91. The van der Waals surface area contributed by atoms with Gasteiger partial charge in [-0.3, -0.25) is 4.79 Å². The minimum atomic E-state index is -3.61. The second-order valence-corrected chi connectivity index (χ2v) is 9.18. The fourth-order valence-corrected chi connectivity index (χ4v) is 5.30. The van der Waals surface area contributed by atoms with Crippen molar-refractivity contribution < 1.29 is 13.2 Å². The highest BCUT2D eigenvalue weighted by Gasteiger charge is 2.24. The van der Waals surface area contributed by atoms with Crippen molar-refractivity contribution in [2.45, 2.75) is 44.3 Å². The van der Waals surface area contributed by atoms with E-state index in [0.29, 0.717) is 36.0 Å². The lowest BCUT2D eigenvalue weighted by atomic mass is 10.2. The smallest absolute Gasteiger partial charge is 0.243 e. The van der Waals surface area contributed by atoms with Crippen LogP contribution in [0.25, 0.3) is 0 Å². The van der Waals surface area contributed by atoms with Crippen LogP contribution in [0, 0.1) is 13.8 Å². The molecule has 0 fully saturated rings. The number of rotatable bonds is 10. The number of nitrogens with one attached hydrogen (secondary N) is 1. The number of thioether (sulfide) groups is 1. The maximum Gasteiger partial charge on any atom is 0.243 e. The summed E-state index contributed by atoms with van der Waals surface area (Å²) in [7, 11) is -3.61. The van der Waals surface area contributed by atoms with Gasteiger partial charge in [0, 0.05) is 25.3 Å². The van der Waals surface area contributed by atoms with Gasteiger partial charge < -0.3 is 9.88 Å². The molecule has 0 spiro atoms. The molecule has 0 radical (unpaired) electrons. The fraction of sp³-hybridized carbons (Fsp3) is 0.421. The van der Waals surface area contributed by atoms with Gasteiger partial charge in [0.15, 0.2) is 5.16 Å². The predicted octanol–water partition coefficient (Wildman–Crippen LogP) is 2.84. The second kappa shape index (κ2) is 10.0. The van der Waals surface area contributed by atoms with Crippen molar-refractivity contribution in [2.24, 2.45) is 0 Å². The standard InChI is InChI=1S/C19H27N5O3S2/c1-6-11-24-15(5)21-22-19(24)28-13-18(25)20-16-10-9-14(4)17(12-16)29(26,27)23(7-2)8-3/h6,9-10,12H,1,7-8,11,13H2,2-5H3,(H,20,25). The van der Waals surface area contributed by atoms with Gasteiger partial charge in [-0.15, -0.1) is 16.8 Å². The number of benzene rings is 1. The summed E-state index contributed by atoms with van der Waals surface area (Å²) >= 11 is 1.26. The summed E-state index contributed by atoms with van der Waals surface area (Å²) in [4.78, 5) is 12.6. The Kier molecular flexibility index (Phi) is 8.00. The summed E-state index contributed by atoms with van der Waals surface area (Å²) in [5, 5.41) is 11.5. The van der Waals surface area contributed by atoms with Gasteiger partial charge in [0.25, 0.3) is 0 Å². The zero-order valence-electron chi connectivity index (χ0n) is 17.2.